The van der Waals surface area contributed by atoms with Gasteiger partial charge in [-0.15, -0.1) is 0 Å². The van der Waals surface area contributed by atoms with Crippen LogP contribution in [0.3, 0.4) is 0 Å². The van der Waals surface area contributed by atoms with Crippen LogP contribution in [-0.2, 0) is 0 Å². The van der Waals surface area contributed by atoms with E-state index in [1.807, 2.05) is 13.1 Å². The molecule has 0 aliphatic heterocycles. The molecule has 0 bridgehead atoms. The molecule has 1 nitrogen and oxygen atoms in total. The van der Waals surface area contributed by atoms with Crippen molar-refractivity contribution < 1.29 is 4.39 Å². The number of halogens is 2. The van der Waals surface area contributed by atoms with Crippen molar-refractivity contribution in [3.05, 3.63) is 30.1 Å². The van der Waals surface area contributed by atoms with E-state index in [9.17, 15) is 4.39 Å². The molecular formula is C12H17BrFN. The van der Waals surface area contributed by atoms with E-state index in [2.05, 4.69) is 34.7 Å². The third-order valence-corrected chi connectivity index (χ3v) is 3.79. The molecule has 84 valence electrons. The van der Waals surface area contributed by atoms with Crippen LogP contribution in [0.1, 0.15) is 13.8 Å². The van der Waals surface area contributed by atoms with Crippen LogP contribution in [0.15, 0.2) is 24.3 Å². The average Bonchev–Trinajstić information content (AvgIpc) is 2.17. The minimum absolute atomic E-state index is 0.182. The van der Waals surface area contributed by atoms with Gasteiger partial charge < -0.3 is 4.90 Å². The van der Waals surface area contributed by atoms with E-state index < -0.39 is 0 Å². The summed E-state index contributed by atoms with van der Waals surface area (Å²) >= 11 is 3.49. The number of hydrogen-bond acceptors (Lipinski definition) is 1. The summed E-state index contributed by atoms with van der Waals surface area (Å²) in [6.07, 6.45) is 0. The Balaban J connectivity index is 2.73. The quantitative estimate of drug-likeness (QED) is 0.757. The predicted molar refractivity (Wildman–Crippen MR) is 67.2 cm³/mol. The van der Waals surface area contributed by atoms with E-state index in [1.54, 1.807) is 12.1 Å². The van der Waals surface area contributed by atoms with Crippen molar-refractivity contribution in [1.82, 2.24) is 0 Å². The molecule has 0 radical (unpaired) electrons. The highest BCUT2D eigenvalue weighted by molar-refractivity contribution is 9.09. The standard InChI is InChI=1S/C12H17BrFN/c1-12(2,8-13)9-15(3)11-6-4-5-10(14)7-11/h4-7H,8-9H2,1-3H3. The monoisotopic (exact) mass is 273 g/mol. The van der Waals surface area contributed by atoms with Crippen molar-refractivity contribution in [2.75, 3.05) is 23.8 Å². The molecule has 3 heteroatoms. The maximum Gasteiger partial charge on any atom is 0.125 e. The summed E-state index contributed by atoms with van der Waals surface area (Å²) in [7, 11) is 1.99. The molecule has 0 aliphatic carbocycles. The van der Waals surface area contributed by atoms with E-state index >= 15 is 0 Å². The number of alkyl halides is 1. The van der Waals surface area contributed by atoms with E-state index in [1.165, 1.54) is 6.07 Å². The second-order valence-corrected chi connectivity index (χ2v) is 5.19. The lowest BCUT2D eigenvalue weighted by molar-refractivity contribution is 0.432. The van der Waals surface area contributed by atoms with Crippen LogP contribution < -0.4 is 4.90 Å². The van der Waals surface area contributed by atoms with Gasteiger partial charge in [-0.2, -0.15) is 0 Å². The summed E-state index contributed by atoms with van der Waals surface area (Å²) in [6, 6.07) is 6.69. The smallest absolute Gasteiger partial charge is 0.125 e. The maximum absolute atomic E-state index is 13.0. The van der Waals surface area contributed by atoms with Crippen LogP contribution >= 0.6 is 15.9 Å². The number of anilines is 1. The minimum Gasteiger partial charge on any atom is -0.374 e. The summed E-state index contributed by atoms with van der Waals surface area (Å²) in [4.78, 5) is 2.07. The topological polar surface area (TPSA) is 3.24 Å². The Morgan fingerprint density at radius 1 is 1.40 bits per heavy atom. The molecule has 0 atom stereocenters. The highest BCUT2D eigenvalue weighted by Crippen LogP contribution is 2.23. The van der Waals surface area contributed by atoms with Crippen molar-refractivity contribution >= 4 is 21.6 Å². The normalized spacial score (nSPS) is 11.5. The molecule has 0 amide bonds. The lowest BCUT2D eigenvalue weighted by atomic mass is 9.96. The van der Waals surface area contributed by atoms with Gasteiger partial charge in [-0.3, -0.25) is 0 Å². The first-order chi connectivity index (χ1) is 6.94. The molecule has 0 heterocycles. The molecule has 0 N–H and O–H groups in total. The molecule has 1 rings (SSSR count). The Labute approximate surface area is 99.4 Å². The summed E-state index contributed by atoms with van der Waals surface area (Å²) in [5.74, 6) is -0.184. The third kappa shape index (κ3) is 3.82. The fourth-order valence-corrected chi connectivity index (χ4v) is 1.67. The Kier molecular flexibility index (Phi) is 4.14. The Morgan fingerprint density at radius 2 is 2.07 bits per heavy atom. The minimum atomic E-state index is -0.184. The fourth-order valence-electron chi connectivity index (χ4n) is 1.49. The molecule has 1 aromatic rings. The molecular weight excluding hydrogens is 257 g/mol. The number of hydrogen-bond donors (Lipinski definition) is 0. The molecule has 15 heavy (non-hydrogen) atoms. The van der Waals surface area contributed by atoms with Gasteiger partial charge in [0.1, 0.15) is 5.82 Å². The second-order valence-electron chi connectivity index (χ2n) is 4.63. The zero-order chi connectivity index (χ0) is 11.5. The number of rotatable bonds is 4. The Bertz CT molecular complexity index is 325. The summed E-state index contributed by atoms with van der Waals surface area (Å²) in [5, 5.41) is 0.930. The van der Waals surface area contributed by atoms with Gasteiger partial charge in [0, 0.05) is 24.6 Å². The molecule has 0 fully saturated rings. The predicted octanol–water partition coefficient (Wildman–Crippen LogP) is 3.68. The summed E-state index contributed by atoms with van der Waals surface area (Å²) < 4.78 is 13.0. The van der Waals surface area contributed by atoms with Crippen molar-refractivity contribution in [2.45, 2.75) is 13.8 Å². The van der Waals surface area contributed by atoms with Gasteiger partial charge in [0.05, 0.1) is 0 Å². The van der Waals surface area contributed by atoms with Crippen LogP contribution in [-0.4, -0.2) is 18.9 Å². The molecule has 0 aromatic heterocycles. The van der Waals surface area contributed by atoms with E-state index in [0.29, 0.717) is 0 Å². The van der Waals surface area contributed by atoms with Crippen LogP contribution in [0, 0.1) is 11.2 Å². The zero-order valence-corrected chi connectivity index (χ0v) is 11.0. The zero-order valence-electron chi connectivity index (χ0n) is 9.43. The summed E-state index contributed by atoms with van der Waals surface area (Å²) in [5.41, 5.74) is 1.10. The molecule has 0 aliphatic rings. The van der Waals surface area contributed by atoms with E-state index in [0.717, 1.165) is 17.6 Å². The van der Waals surface area contributed by atoms with Gasteiger partial charge >= 0.3 is 0 Å². The van der Waals surface area contributed by atoms with Gasteiger partial charge in [-0.05, 0) is 23.6 Å². The van der Waals surface area contributed by atoms with Crippen molar-refractivity contribution in [3.8, 4) is 0 Å². The summed E-state index contributed by atoms with van der Waals surface area (Å²) in [6.45, 7) is 5.25. The SMILES string of the molecule is CN(CC(C)(C)CBr)c1cccc(F)c1. The van der Waals surface area contributed by atoms with Gasteiger partial charge in [0.2, 0.25) is 0 Å². The maximum atomic E-state index is 13.0. The molecule has 0 spiro atoms. The number of nitrogens with zero attached hydrogens (tertiary/aromatic N) is 1. The average molecular weight is 274 g/mol. The van der Waals surface area contributed by atoms with E-state index in [-0.39, 0.29) is 11.2 Å². The van der Waals surface area contributed by atoms with Gasteiger partial charge in [0.15, 0.2) is 0 Å². The van der Waals surface area contributed by atoms with Crippen LogP contribution in [0.4, 0.5) is 10.1 Å². The Hall–Kier alpha value is -0.570. The van der Waals surface area contributed by atoms with Gasteiger partial charge in [-0.25, -0.2) is 4.39 Å². The first-order valence-corrected chi connectivity index (χ1v) is 6.09. The fraction of sp³-hybridized carbons (Fsp3) is 0.500. The van der Waals surface area contributed by atoms with Crippen LogP contribution in [0.2, 0.25) is 0 Å². The largest absolute Gasteiger partial charge is 0.374 e. The Morgan fingerprint density at radius 3 is 2.60 bits per heavy atom. The number of benzene rings is 1. The first-order valence-electron chi connectivity index (χ1n) is 4.97. The molecule has 1 aromatic carbocycles. The molecule has 0 saturated carbocycles. The third-order valence-electron chi connectivity index (χ3n) is 2.28. The molecule has 0 unspecified atom stereocenters. The van der Waals surface area contributed by atoms with Crippen molar-refractivity contribution in [1.29, 1.82) is 0 Å². The lowest BCUT2D eigenvalue weighted by Crippen LogP contribution is -2.32. The van der Waals surface area contributed by atoms with Crippen molar-refractivity contribution in [2.24, 2.45) is 5.41 Å². The van der Waals surface area contributed by atoms with Gasteiger partial charge in [-0.1, -0.05) is 35.8 Å². The van der Waals surface area contributed by atoms with Crippen molar-refractivity contribution in [3.63, 3.8) is 0 Å². The second kappa shape index (κ2) is 4.97. The van der Waals surface area contributed by atoms with Crippen LogP contribution in [0.5, 0.6) is 0 Å². The van der Waals surface area contributed by atoms with Crippen LogP contribution in [0.25, 0.3) is 0 Å². The highest BCUT2D eigenvalue weighted by atomic mass is 79.9. The first kappa shape index (κ1) is 12.5. The lowest BCUT2D eigenvalue weighted by Gasteiger charge is -2.30. The van der Waals surface area contributed by atoms with Gasteiger partial charge in [0.25, 0.3) is 0 Å². The van der Waals surface area contributed by atoms with E-state index in [4.69, 9.17) is 0 Å². The molecule has 0 saturated heterocycles. The highest BCUT2D eigenvalue weighted by Gasteiger charge is 2.18.